The molecule has 0 spiro atoms. The van der Waals surface area contributed by atoms with Crippen LogP contribution in [0.2, 0.25) is 15.1 Å². The number of aromatic nitrogens is 4. The van der Waals surface area contributed by atoms with Crippen LogP contribution < -0.4 is 21.3 Å². The molecule has 4 amide bonds. The molecule has 0 bridgehead atoms. The molecule has 0 radical (unpaired) electrons. The van der Waals surface area contributed by atoms with E-state index in [-0.39, 0.29) is 43.3 Å². The Kier molecular flexibility index (Phi) is 30.6. The summed E-state index contributed by atoms with van der Waals surface area (Å²) in [6.45, 7) is 15.0. The normalized spacial score (nSPS) is 12.7. The van der Waals surface area contributed by atoms with Gasteiger partial charge in [-0.15, -0.1) is 34.0 Å². The third-order valence-corrected chi connectivity index (χ3v) is 35.5. The first-order valence-electron chi connectivity index (χ1n) is 38.0. The van der Waals surface area contributed by atoms with Crippen molar-refractivity contribution in [2.75, 3.05) is 21.3 Å². The number of amides is 4. The number of nitrogens with one attached hydrogen (secondary N) is 4. The molecule has 0 unspecified atom stereocenters. The third-order valence-electron chi connectivity index (χ3n) is 19.9. The number of hydrogen-bond donors (Lipinski definition) is 5. The zero-order chi connectivity index (χ0) is 91.3. The maximum Gasteiger partial charge on any atom is 0.325 e. The molecule has 9 aromatic carbocycles. The number of halogens is 3. The van der Waals surface area contributed by atoms with Crippen molar-refractivity contribution < 1.29 is 75.6 Å². The van der Waals surface area contributed by atoms with Crippen LogP contribution in [0.4, 0.5) is 21.4 Å². The maximum absolute atomic E-state index is 13.0. The molecule has 1 aliphatic rings. The van der Waals surface area contributed by atoms with E-state index in [1.54, 1.807) is 102 Å². The zero-order valence-electron chi connectivity index (χ0n) is 68.7. The van der Waals surface area contributed by atoms with Crippen molar-refractivity contribution in [2.24, 2.45) is 0 Å². The summed E-state index contributed by atoms with van der Waals surface area (Å²) < 4.78 is 124. The van der Waals surface area contributed by atoms with Crippen molar-refractivity contribution >= 4 is 169 Å². The van der Waals surface area contributed by atoms with Gasteiger partial charge in [0.2, 0.25) is 23.6 Å². The van der Waals surface area contributed by atoms with Crippen molar-refractivity contribution in [2.45, 2.75) is 137 Å². The first-order chi connectivity index (χ1) is 58.8. The van der Waals surface area contributed by atoms with Crippen molar-refractivity contribution in [3.8, 4) is 45.0 Å². The zero-order valence-corrected chi connectivity index (χ0v) is 77.5. The van der Waals surface area contributed by atoms with E-state index in [2.05, 4.69) is 41.2 Å². The number of aliphatic carboxylic acids is 1. The number of nitrogens with zero attached hydrogens (tertiary/aromatic N) is 4. The van der Waals surface area contributed by atoms with Crippen LogP contribution in [0.25, 0.3) is 45.0 Å². The van der Waals surface area contributed by atoms with Crippen molar-refractivity contribution in [1.82, 2.24) is 19.9 Å². The van der Waals surface area contributed by atoms with E-state index in [1.165, 1.54) is 168 Å². The Morgan fingerprint density at radius 1 is 0.392 bits per heavy atom. The predicted octanol–water partition coefficient (Wildman–Crippen LogP) is 19.4. The minimum atomic E-state index is -3.88. The van der Waals surface area contributed by atoms with Gasteiger partial charge in [0.05, 0.1) is 41.6 Å². The summed E-state index contributed by atoms with van der Waals surface area (Å²) in [7, 11) is -19.3. The molecule has 1 fully saturated rings. The van der Waals surface area contributed by atoms with Gasteiger partial charge < -0.3 is 25.5 Å². The molecule has 0 saturated heterocycles. The summed E-state index contributed by atoms with van der Waals surface area (Å²) in [4.78, 5) is 80.9. The summed E-state index contributed by atoms with van der Waals surface area (Å²) in [5.41, 5.74) is 7.16. The lowest BCUT2D eigenvalue weighted by atomic mass is 10.1. The average Bonchev–Trinajstić information content (AvgIpc) is 1.57. The number of aryl methyl sites for hydroxylation is 2. The molecule has 4 heterocycles. The van der Waals surface area contributed by atoms with E-state index in [0.29, 0.717) is 47.5 Å². The molecular formula is C89H85Cl3N8O17S8. The van der Waals surface area contributed by atoms with Gasteiger partial charge in [0.1, 0.15) is 30.9 Å². The van der Waals surface area contributed by atoms with E-state index in [9.17, 15) is 66.1 Å². The number of sulfone groups is 5. The predicted molar refractivity (Wildman–Crippen MR) is 492 cm³/mol. The van der Waals surface area contributed by atoms with Gasteiger partial charge in [-0.05, 0) is 179 Å². The molecule has 125 heavy (non-hydrogen) atoms. The highest BCUT2D eigenvalue weighted by molar-refractivity contribution is 7.95. The van der Waals surface area contributed by atoms with Gasteiger partial charge in [-0.1, -0.05) is 199 Å². The first kappa shape index (κ1) is 96.3. The molecule has 4 aromatic heterocycles. The highest BCUT2D eigenvalue weighted by Crippen LogP contribution is 2.47. The largest absolute Gasteiger partial charge is 0.480 e. The number of anilines is 4. The molecule has 0 aliphatic heterocycles. The smallest absolute Gasteiger partial charge is 0.325 e. The number of carbonyl (C=O) groups is 5. The van der Waals surface area contributed by atoms with E-state index in [1.807, 2.05) is 98.8 Å². The van der Waals surface area contributed by atoms with Gasteiger partial charge >= 0.3 is 12.0 Å². The van der Waals surface area contributed by atoms with Gasteiger partial charge in [-0.25, -0.2) is 57.0 Å². The summed E-state index contributed by atoms with van der Waals surface area (Å²) >= 11 is 21.2. The topological polar surface area (TPSA) is 389 Å². The minimum absolute atomic E-state index is 0.0109. The van der Waals surface area contributed by atoms with Crippen LogP contribution in [0.3, 0.4) is 0 Å². The average molecular weight is 1900 g/mol. The van der Waals surface area contributed by atoms with Crippen LogP contribution in [-0.2, 0) is 79.6 Å². The second kappa shape index (κ2) is 39.7. The Morgan fingerprint density at radius 3 is 1.06 bits per heavy atom. The van der Waals surface area contributed by atoms with Crippen LogP contribution in [-0.4, -0.2) is 120 Å². The highest BCUT2D eigenvalue weighted by atomic mass is 35.5. The van der Waals surface area contributed by atoms with E-state index in [0.717, 1.165) is 44.8 Å². The highest BCUT2D eigenvalue weighted by Gasteiger charge is 2.62. The van der Waals surface area contributed by atoms with Crippen LogP contribution in [0, 0.1) is 6.92 Å². The van der Waals surface area contributed by atoms with Crippen molar-refractivity contribution in [3.05, 3.63) is 291 Å². The summed E-state index contributed by atoms with van der Waals surface area (Å²) in [6.07, 6.45) is 2.52. The molecule has 36 heteroatoms. The van der Waals surface area contributed by atoms with Crippen LogP contribution in [0.15, 0.2) is 295 Å². The number of carboxylic acids is 1. The van der Waals surface area contributed by atoms with Gasteiger partial charge in [0.25, 0.3) is 0 Å². The van der Waals surface area contributed by atoms with Gasteiger partial charge in [-0.3, -0.25) is 29.3 Å². The Labute approximate surface area is 752 Å². The number of hydrogen-bond acceptors (Lipinski definition) is 23. The molecule has 5 N–H and O–H groups in total. The number of carboxylic acid groups (broad SMARTS) is 1. The van der Waals surface area contributed by atoms with Crippen LogP contribution in [0.5, 0.6) is 0 Å². The lowest BCUT2D eigenvalue weighted by Crippen LogP contribution is -2.44. The molecule has 14 rings (SSSR count). The van der Waals surface area contributed by atoms with Gasteiger partial charge in [0, 0.05) is 53.0 Å². The Hall–Kier alpha value is -11.0. The summed E-state index contributed by atoms with van der Waals surface area (Å²) in [5.74, 6) is -3.87. The monoisotopic (exact) mass is 1900 g/mol. The molecule has 1 saturated carbocycles. The first-order valence-corrected chi connectivity index (χ1v) is 49.1. The number of thiazole rings is 3. The maximum atomic E-state index is 13.0. The van der Waals surface area contributed by atoms with Crippen LogP contribution in [0.1, 0.15) is 85.6 Å². The Balaban J connectivity index is 0.000000165. The molecular weight excluding hydrogens is 1820 g/mol. The van der Waals surface area contributed by atoms with E-state index >= 15 is 0 Å². The summed E-state index contributed by atoms with van der Waals surface area (Å²) in [6, 6.07) is 69.1. The van der Waals surface area contributed by atoms with Crippen molar-refractivity contribution in [3.63, 3.8) is 0 Å². The molecule has 652 valence electrons. The van der Waals surface area contributed by atoms with Gasteiger partial charge in [-0.2, -0.15) is 4.98 Å². The molecule has 25 nitrogen and oxygen atoms in total. The van der Waals surface area contributed by atoms with Crippen LogP contribution >= 0.6 is 68.8 Å². The second-order valence-electron chi connectivity index (χ2n) is 29.9. The third kappa shape index (κ3) is 21.9. The number of carbonyl (C=O) groups excluding carboxylic acids is 4. The molecule has 0 atom stereocenters. The Morgan fingerprint density at radius 2 is 0.704 bits per heavy atom. The Bertz CT molecular complexity index is 6630. The fourth-order valence-corrected chi connectivity index (χ4v) is 21.6. The number of benzene rings is 9. The lowest BCUT2D eigenvalue weighted by molar-refractivity contribution is -0.137. The molecule has 1 aliphatic carbocycles. The van der Waals surface area contributed by atoms with Gasteiger partial charge in [0.15, 0.2) is 69.3 Å². The van der Waals surface area contributed by atoms with E-state index < -0.39 is 103 Å². The summed E-state index contributed by atoms with van der Waals surface area (Å²) in [5, 5.41) is 25.7. The standard InChI is InChI=1S/C21H22N2O3S2.C20H19ClN2O3S2.C19H17ClN2O3S2.C19H18N2O4S.C10H9ClO4S/c1-4-17-18(15-11-7-5-8-12-15)22-20(27-17)23-19(24)21(2,3)28(25,26)16-13-9-6-10-14-16;1-13-4-10-16(11-5-13)28(25,26)20(2,3)18(24)23-19-22-17(12-27-19)14-6-8-15(21)9-7-14;1-19(2,27(24,25)15-6-4-3-5-7-15)17(23)22-18-21-16(12-26-18)13-8-10-14(20)11-9-13;1-19(2,26(23,24)15-11-7-4-8-12-15)17(22)21-18-20-16(13-25-18)14-9-5-3-6-10-14;11-7-1-3-8(4-2-7)16(14,15)10(5-6-10)9(12)13/h5-14H,4H2,1-3H3,(H,22,23,24);4-12H,1-3H3,(H,22,23,24);3-12H,1-2H3,(H,21,22,23);3-13H,1-2H3,(H,20,21,22);1-4H,5-6H2,(H,12,13). The lowest BCUT2D eigenvalue weighted by Gasteiger charge is -2.23. The fraction of sp³-hybridized carbons (Fsp3) is 0.202. The number of rotatable bonds is 24. The van der Waals surface area contributed by atoms with Crippen molar-refractivity contribution in [1.29, 1.82) is 0 Å². The van der Waals surface area contributed by atoms with E-state index in [4.69, 9.17) is 44.3 Å². The second-order valence-corrected chi connectivity index (χ2v) is 46.2. The molecule has 13 aromatic rings. The number of oxazole rings is 1. The fourth-order valence-electron chi connectivity index (χ4n) is 11.4. The SMILES string of the molecule is CC(C)(C(=O)Nc1nc(-c2ccc(Cl)cc2)cs1)S(=O)(=O)c1ccccc1.CC(C)(C(=O)Nc1nc(-c2ccccc2)co1)S(=O)(=O)c1ccccc1.CCc1sc(NC(=O)C(C)(C)S(=O)(=O)c2ccccc2)nc1-c1ccccc1.Cc1ccc(S(=O)(=O)C(C)(C)C(=O)Nc2nc(-c3ccc(Cl)cc3)cs2)cc1.O=C(O)C1(S(=O)(=O)c2ccc(Cl)cc2)CC1. The quantitative estimate of drug-likeness (QED) is 0.0375. The minimum Gasteiger partial charge on any atom is -0.480 e.